The van der Waals surface area contributed by atoms with E-state index in [1.165, 1.54) is 23.9 Å². The molecule has 9 heteroatoms. The third-order valence-corrected chi connectivity index (χ3v) is 4.89. The summed E-state index contributed by atoms with van der Waals surface area (Å²) < 4.78 is 15.1. The normalized spacial score (nSPS) is 10.5. The van der Waals surface area contributed by atoms with Crippen molar-refractivity contribution >= 4 is 35.0 Å². The Balaban J connectivity index is 1.63. The van der Waals surface area contributed by atoms with E-state index in [0.29, 0.717) is 22.1 Å². The summed E-state index contributed by atoms with van der Waals surface area (Å²) >= 11 is 1.26. The van der Waals surface area contributed by atoms with Gasteiger partial charge in [0, 0.05) is 24.0 Å². The molecule has 0 aliphatic rings. The maximum Gasteiger partial charge on any atom is 0.255 e. The van der Waals surface area contributed by atoms with Crippen molar-refractivity contribution in [2.45, 2.75) is 12.1 Å². The quantitative estimate of drug-likeness (QED) is 0.621. The van der Waals surface area contributed by atoms with E-state index in [1.807, 2.05) is 0 Å². The van der Waals surface area contributed by atoms with Gasteiger partial charge in [-0.15, -0.1) is 10.2 Å². The number of aromatic nitrogens is 3. The zero-order chi connectivity index (χ0) is 20.1. The number of rotatable bonds is 6. The summed E-state index contributed by atoms with van der Waals surface area (Å²) in [6.45, 7) is 1.78. The van der Waals surface area contributed by atoms with Crippen LogP contribution in [0.4, 0.5) is 15.8 Å². The van der Waals surface area contributed by atoms with Crippen LogP contribution in [0.2, 0.25) is 0 Å². The second-order valence-electron chi connectivity index (χ2n) is 6.06. The SMILES string of the molecule is Cc1ccc(F)cc1NC(=O)c1cccc(NC(=O)CSc2nncn2C)c1. The predicted octanol–water partition coefficient (Wildman–Crippen LogP) is 3.25. The van der Waals surface area contributed by atoms with Gasteiger partial charge in [-0.25, -0.2) is 4.39 Å². The molecule has 0 aliphatic carbocycles. The highest BCUT2D eigenvalue weighted by Crippen LogP contribution is 2.19. The molecule has 2 amide bonds. The Labute approximate surface area is 165 Å². The molecule has 0 unspecified atom stereocenters. The minimum absolute atomic E-state index is 0.158. The maximum absolute atomic E-state index is 13.4. The van der Waals surface area contributed by atoms with E-state index >= 15 is 0 Å². The lowest BCUT2D eigenvalue weighted by Crippen LogP contribution is -2.16. The van der Waals surface area contributed by atoms with Gasteiger partial charge in [-0.1, -0.05) is 23.9 Å². The zero-order valence-electron chi connectivity index (χ0n) is 15.3. The molecule has 2 aromatic carbocycles. The largest absolute Gasteiger partial charge is 0.325 e. The van der Waals surface area contributed by atoms with Crippen molar-refractivity contribution in [1.29, 1.82) is 0 Å². The lowest BCUT2D eigenvalue weighted by molar-refractivity contribution is -0.113. The number of aryl methyl sites for hydroxylation is 2. The topological polar surface area (TPSA) is 88.9 Å². The van der Waals surface area contributed by atoms with E-state index in [4.69, 9.17) is 0 Å². The number of carbonyl (C=O) groups is 2. The standard InChI is InChI=1S/C19H18FN5O2S/c1-12-6-7-14(20)9-16(12)23-18(27)13-4-3-5-15(8-13)22-17(26)10-28-19-24-21-11-25(19)2/h3-9,11H,10H2,1-2H3,(H,22,26)(H,23,27). The molecule has 0 spiro atoms. The fourth-order valence-electron chi connectivity index (χ4n) is 2.39. The number of thioether (sulfide) groups is 1. The molecule has 144 valence electrons. The van der Waals surface area contributed by atoms with Crippen molar-refractivity contribution in [3.05, 3.63) is 65.7 Å². The summed E-state index contributed by atoms with van der Waals surface area (Å²) in [7, 11) is 1.79. The van der Waals surface area contributed by atoms with Crippen molar-refractivity contribution < 1.29 is 14.0 Å². The first kappa shape index (κ1) is 19.6. The highest BCUT2D eigenvalue weighted by atomic mass is 32.2. The molecule has 0 saturated carbocycles. The summed E-state index contributed by atoms with van der Waals surface area (Å²) in [6, 6.07) is 10.7. The lowest BCUT2D eigenvalue weighted by atomic mass is 10.1. The van der Waals surface area contributed by atoms with Gasteiger partial charge in [0.15, 0.2) is 5.16 Å². The Hall–Kier alpha value is -3.20. The van der Waals surface area contributed by atoms with E-state index in [9.17, 15) is 14.0 Å². The van der Waals surface area contributed by atoms with Gasteiger partial charge in [-0.3, -0.25) is 9.59 Å². The number of amides is 2. The molecule has 2 N–H and O–H groups in total. The summed E-state index contributed by atoms with van der Waals surface area (Å²) in [5.74, 6) is -0.891. The first-order valence-corrected chi connectivity index (χ1v) is 9.35. The fraction of sp³-hybridized carbons (Fsp3) is 0.158. The second kappa shape index (κ2) is 8.66. The van der Waals surface area contributed by atoms with E-state index in [1.54, 1.807) is 55.2 Å². The molecule has 3 aromatic rings. The molecule has 0 aliphatic heterocycles. The molecule has 1 heterocycles. The van der Waals surface area contributed by atoms with Crippen LogP contribution in [0.15, 0.2) is 53.9 Å². The second-order valence-corrected chi connectivity index (χ2v) is 7.00. The Morgan fingerprint density at radius 3 is 2.75 bits per heavy atom. The van der Waals surface area contributed by atoms with Gasteiger partial charge in [0.2, 0.25) is 5.91 Å². The number of nitrogens with zero attached hydrogens (tertiary/aromatic N) is 3. The van der Waals surface area contributed by atoms with Gasteiger partial charge in [-0.2, -0.15) is 0 Å². The van der Waals surface area contributed by atoms with Gasteiger partial charge in [0.25, 0.3) is 5.91 Å². The molecular formula is C19H18FN5O2S. The Morgan fingerprint density at radius 1 is 1.18 bits per heavy atom. The average Bonchev–Trinajstić information content (AvgIpc) is 3.08. The summed E-state index contributed by atoms with van der Waals surface area (Å²) in [4.78, 5) is 24.6. The molecule has 0 radical (unpaired) electrons. The van der Waals surface area contributed by atoms with Gasteiger partial charge >= 0.3 is 0 Å². The first-order valence-electron chi connectivity index (χ1n) is 8.36. The molecular weight excluding hydrogens is 381 g/mol. The molecule has 0 fully saturated rings. The van der Waals surface area contributed by atoms with E-state index in [0.717, 1.165) is 5.56 Å². The summed E-state index contributed by atoms with van der Waals surface area (Å²) in [5.41, 5.74) is 1.99. The minimum Gasteiger partial charge on any atom is -0.325 e. The number of anilines is 2. The van der Waals surface area contributed by atoms with Crippen molar-refractivity contribution in [3.8, 4) is 0 Å². The highest BCUT2D eigenvalue weighted by molar-refractivity contribution is 7.99. The van der Waals surface area contributed by atoms with E-state index in [2.05, 4.69) is 20.8 Å². The molecule has 0 bridgehead atoms. The highest BCUT2D eigenvalue weighted by Gasteiger charge is 2.11. The molecule has 1 aromatic heterocycles. The zero-order valence-corrected chi connectivity index (χ0v) is 16.1. The minimum atomic E-state index is -0.428. The Kier molecular flexibility index (Phi) is 6.05. The first-order chi connectivity index (χ1) is 13.4. The molecule has 0 atom stereocenters. The van der Waals surface area contributed by atoms with Crippen LogP contribution in [0.3, 0.4) is 0 Å². The van der Waals surface area contributed by atoms with Crippen molar-refractivity contribution in [2.75, 3.05) is 16.4 Å². The smallest absolute Gasteiger partial charge is 0.255 e. The van der Waals surface area contributed by atoms with Crippen LogP contribution in [-0.4, -0.2) is 32.3 Å². The lowest BCUT2D eigenvalue weighted by Gasteiger charge is -2.10. The molecule has 0 saturated heterocycles. The van der Waals surface area contributed by atoms with Crippen LogP contribution in [0.25, 0.3) is 0 Å². The Bertz CT molecular complexity index is 1020. The number of nitrogens with one attached hydrogen (secondary N) is 2. The molecule has 28 heavy (non-hydrogen) atoms. The number of carbonyl (C=O) groups excluding carboxylic acids is 2. The van der Waals surface area contributed by atoms with Crippen LogP contribution in [-0.2, 0) is 11.8 Å². The number of hydrogen-bond donors (Lipinski definition) is 2. The monoisotopic (exact) mass is 399 g/mol. The van der Waals surface area contributed by atoms with Crippen LogP contribution in [0, 0.1) is 12.7 Å². The van der Waals surface area contributed by atoms with Crippen LogP contribution in [0.5, 0.6) is 0 Å². The third-order valence-electron chi connectivity index (χ3n) is 3.86. The number of hydrogen-bond acceptors (Lipinski definition) is 5. The van der Waals surface area contributed by atoms with Gasteiger partial charge in [-0.05, 0) is 42.8 Å². The van der Waals surface area contributed by atoms with Crippen LogP contribution in [0.1, 0.15) is 15.9 Å². The van der Waals surface area contributed by atoms with Crippen LogP contribution >= 0.6 is 11.8 Å². The van der Waals surface area contributed by atoms with Crippen molar-refractivity contribution in [2.24, 2.45) is 7.05 Å². The van der Waals surface area contributed by atoms with Gasteiger partial charge < -0.3 is 15.2 Å². The third kappa shape index (κ3) is 4.95. The molecule has 7 nitrogen and oxygen atoms in total. The number of benzene rings is 2. The maximum atomic E-state index is 13.4. The van der Waals surface area contributed by atoms with Crippen molar-refractivity contribution in [1.82, 2.24) is 14.8 Å². The summed E-state index contributed by atoms with van der Waals surface area (Å²) in [5, 5.41) is 13.7. The van der Waals surface area contributed by atoms with E-state index < -0.39 is 11.7 Å². The average molecular weight is 399 g/mol. The molecule has 3 rings (SSSR count). The predicted molar refractivity (Wildman–Crippen MR) is 106 cm³/mol. The van der Waals surface area contributed by atoms with Crippen LogP contribution < -0.4 is 10.6 Å². The summed E-state index contributed by atoms with van der Waals surface area (Å²) in [6.07, 6.45) is 1.56. The van der Waals surface area contributed by atoms with Gasteiger partial charge in [0.1, 0.15) is 12.1 Å². The van der Waals surface area contributed by atoms with E-state index in [-0.39, 0.29) is 11.7 Å². The fourth-order valence-corrected chi connectivity index (χ4v) is 3.08. The van der Waals surface area contributed by atoms with Crippen molar-refractivity contribution in [3.63, 3.8) is 0 Å². The van der Waals surface area contributed by atoms with Gasteiger partial charge in [0.05, 0.1) is 5.75 Å². The number of halogens is 1. The Morgan fingerprint density at radius 2 is 2.00 bits per heavy atom.